The number of nitrogens with one attached hydrogen (secondary N) is 3. The summed E-state index contributed by atoms with van der Waals surface area (Å²) in [5.41, 5.74) is -0.0256. The second kappa shape index (κ2) is 8.67. The highest BCUT2D eigenvalue weighted by atomic mass is 32.2. The Morgan fingerprint density at radius 3 is 2.51 bits per heavy atom. The zero-order chi connectivity index (χ0) is 24.7. The van der Waals surface area contributed by atoms with Crippen LogP contribution in [0.5, 0.6) is 6.01 Å². The predicted octanol–water partition coefficient (Wildman–Crippen LogP) is 2.95. The number of carbonyl (C=O) groups excluding carboxylic acids is 1. The molecule has 1 fully saturated rings. The molecule has 5 rings (SSSR count). The molecule has 1 aromatic carbocycles. The number of methoxy groups -OCH3 is 1. The molecule has 0 aliphatic heterocycles. The molecule has 0 spiro atoms. The van der Waals surface area contributed by atoms with Crippen molar-refractivity contribution < 1.29 is 26.7 Å². The van der Waals surface area contributed by atoms with Gasteiger partial charge in [0.2, 0.25) is 5.78 Å². The fraction of sp³-hybridized carbons (Fsp3) is 0.182. The van der Waals surface area contributed by atoms with Gasteiger partial charge in [-0.05, 0) is 31.0 Å². The number of pyridine rings is 1. The number of hydrogen-bond acceptors (Lipinski definition) is 7. The lowest BCUT2D eigenvalue weighted by Gasteiger charge is -2.12. The molecule has 4 aromatic rings. The summed E-state index contributed by atoms with van der Waals surface area (Å²) in [6, 6.07) is 3.32. The van der Waals surface area contributed by atoms with E-state index in [1.54, 1.807) is 6.07 Å². The maximum atomic E-state index is 15.2. The molecule has 0 amide bonds. The van der Waals surface area contributed by atoms with E-state index in [1.807, 2.05) is 4.72 Å². The van der Waals surface area contributed by atoms with Crippen LogP contribution in [0.2, 0.25) is 0 Å². The van der Waals surface area contributed by atoms with Crippen molar-refractivity contribution in [3.63, 3.8) is 0 Å². The largest absolute Gasteiger partial charge is 0.467 e. The third-order valence-electron chi connectivity index (χ3n) is 5.38. The number of hydrogen-bond donors (Lipinski definition) is 3. The smallest absolute Gasteiger partial charge is 0.316 e. The standard InChI is InChI=1S/C22H18F2N6O4S/c1-34-22-27-8-12(9-28-22)11-6-14-15(10-26-21(14)25-7-11)20(31)18-16(23)4-5-17(19(18)24)30-35(32,33)29-13-2-3-13/h4-10,13,29-30H,2-3H2,1H3,(H,25,26). The van der Waals surface area contributed by atoms with Crippen molar-refractivity contribution in [2.45, 2.75) is 18.9 Å². The van der Waals surface area contributed by atoms with Gasteiger partial charge in [0.05, 0.1) is 18.4 Å². The molecule has 0 unspecified atom stereocenters. The molecule has 35 heavy (non-hydrogen) atoms. The molecule has 0 radical (unpaired) electrons. The number of ketones is 1. The third-order valence-corrected chi connectivity index (χ3v) is 6.51. The first kappa shape index (κ1) is 22.8. The maximum absolute atomic E-state index is 15.2. The molecule has 180 valence electrons. The molecular weight excluding hydrogens is 482 g/mol. The topological polar surface area (TPSA) is 139 Å². The Bertz CT molecular complexity index is 1550. The van der Waals surface area contributed by atoms with Crippen LogP contribution in [0.15, 0.2) is 43.0 Å². The first-order chi connectivity index (χ1) is 16.8. The summed E-state index contributed by atoms with van der Waals surface area (Å²) in [5.74, 6) is -3.43. The third kappa shape index (κ3) is 4.55. The monoisotopic (exact) mass is 500 g/mol. The Kier molecular flexibility index (Phi) is 5.65. The molecule has 0 bridgehead atoms. The number of rotatable bonds is 8. The summed E-state index contributed by atoms with van der Waals surface area (Å²) in [6.45, 7) is 0. The van der Waals surface area contributed by atoms with Crippen LogP contribution < -0.4 is 14.2 Å². The molecule has 3 aromatic heterocycles. The van der Waals surface area contributed by atoms with Crippen molar-refractivity contribution in [2.24, 2.45) is 0 Å². The van der Waals surface area contributed by atoms with E-state index in [2.05, 4.69) is 24.7 Å². The first-order valence-electron chi connectivity index (χ1n) is 10.4. The van der Waals surface area contributed by atoms with Crippen LogP contribution in [0.25, 0.3) is 22.2 Å². The van der Waals surface area contributed by atoms with Crippen molar-refractivity contribution >= 4 is 32.7 Å². The van der Waals surface area contributed by atoms with E-state index >= 15 is 4.39 Å². The van der Waals surface area contributed by atoms with Gasteiger partial charge in [-0.1, -0.05) is 0 Å². The minimum atomic E-state index is -4.09. The lowest BCUT2D eigenvalue weighted by Crippen LogP contribution is -2.32. The normalized spacial score (nSPS) is 13.7. The summed E-state index contributed by atoms with van der Waals surface area (Å²) in [7, 11) is -2.66. The average molecular weight is 500 g/mol. The highest BCUT2D eigenvalue weighted by Gasteiger charge is 2.29. The van der Waals surface area contributed by atoms with Gasteiger partial charge in [0, 0.05) is 52.9 Å². The Morgan fingerprint density at radius 1 is 1.11 bits per heavy atom. The molecule has 1 aliphatic carbocycles. The Labute approximate surface area is 198 Å². The van der Waals surface area contributed by atoms with E-state index in [-0.39, 0.29) is 17.6 Å². The van der Waals surface area contributed by atoms with Gasteiger partial charge < -0.3 is 9.72 Å². The number of ether oxygens (including phenoxy) is 1. The molecule has 1 saturated carbocycles. The Hall–Kier alpha value is -3.97. The summed E-state index contributed by atoms with van der Waals surface area (Å²) < 4.78 is 63.5. The number of halogens is 2. The predicted molar refractivity (Wildman–Crippen MR) is 122 cm³/mol. The van der Waals surface area contributed by atoms with Crippen LogP contribution >= 0.6 is 0 Å². The van der Waals surface area contributed by atoms with E-state index in [9.17, 15) is 17.6 Å². The second-order valence-electron chi connectivity index (χ2n) is 7.89. The van der Waals surface area contributed by atoms with Gasteiger partial charge in [-0.15, -0.1) is 0 Å². The number of aromatic nitrogens is 4. The zero-order valence-corrected chi connectivity index (χ0v) is 19.0. The molecule has 0 atom stereocenters. The summed E-state index contributed by atoms with van der Waals surface area (Å²) in [4.78, 5) is 28.4. The van der Waals surface area contributed by atoms with E-state index in [4.69, 9.17) is 4.74 Å². The number of anilines is 1. The number of nitrogens with zero attached hydrogens (tertiary/aromatic N) is 3. The molecule has 3 heterocycles. The number of H-pyrrole nitrogens is 1. The number of fused-ring (bicyclic) bond motifs is 1. The second-order valence-corrected chi connectivity index (χ2v) is 9.34. The highest BCUT2D eigenvalue weighted by molar-refractivity contribution is 7.90. The van der Waals surface area contributed by atoms with Crippen LogP contribution in [0.4, 0.5) is 14.5 Å². The molecule has 0 saturated heterocycles. The van der Waals surface area contributed by atoms with Gasteiger partial charge in [-0.3, -0.25) is 9.52 Å². The van der Waals surface area contributed by atoms with Crippen molar-refractivity contribution in [1.82, 2.24) is 24.7 Å². The van der Waals surface area contributed by atoms with Gasteiger partial charge in [-0.25, -0.2) is 23.7 Å². The molecular formula is C22H18F2N6O4S. The average Bonchev–Trinajstić information content (AvgIpc) is 3.54. The highest BCUT2D eigenvalue weighted by Crippen LogP contribution is 2.30. The van der Waals surface area contributed by atoms with Crippen molar-refractivity contribution in [2.75, 3.05) is 11.8 Å². The van der Waals surface area contributed by atoms with Crippen molar-refractivity contribution in [3.05, 3.63) is 65.7 Å². The van der Waals surface area contributed by atoms with Gasteiger partial charge in [0.25, 0.3) is 10.2 Å². The maximum Gasteiger partial charge on any atom is 0.316 e. The zero-order valence-electron chi connectivity index (χ0n) is 18.2. The first-order valence-corrected chi connectivity index (χ1v) is 11.9. The van der Waals surface area contributed by atoms with Crippen LogP contribution in [-0.2, 0) is 10.2 Å². The number of aromatic amines is 1. The quantitative estimate of drug-likeness (QED) is 0.316. The van der Waals surface area contributed by atoms with Crippen LogP contribution in [0, 0.1) is 11.6 Å². The van der Waals surface area contributed by atoms with E-state index in [1.165, 1.54) is 31.9 Å². The molecule has 13 heteroatoms. The Morgan fingerprint density at radius 2 is 1.83 bits per heavy atom. The van der Waals surface area contributed by atoms with Crippen molar-refractivity contribution in [3.8, 4) is 17.1 Å². The SMILES string of the molecule is COc1ncc(-c2cnc3[nH]cc(C(=O)c4c(F)ccc(NS(=O)(=O)NC5CC5)c4F)c3c2)cn1. The van der Waals surface area contributed by atoms with Crippen molar-refractivity contribution in [1.29, 1.82) is 0 Å². The van der Waals surface area contributed by atoms with Gasteiger partial charge in [0.15, 0.2) is 5.82 Å². The van der Waals surface area contributed by atoms with E-state index in [0.717, 1.165) is 12.1 Å². The summed E-state index contributed by atoms with van der Waals surface area (Å²) >= 11 is 0. The summed E-state index contributed by atoms with van der Waals surface area (Å²) in [6.07, 6.45) is 7.19. The molecule has 3 N–H and O–H groups in total. The van der Waals surface area contributed by atoms with Gasteiger partial charge in [-0.2, -0.15) is 13.1 Å². The lowest BCUT2D eigenvalue weighted by molar-refractivity contribution is 0.103. The Balaban J connectivity index is 1.52. The number of carbonyl (C=O) groups is 1. The molecule has 1 aliphatic rings. The summed E-state index contributed by atoms with van der Waals surface area (Å²) in [5, 5.41) is 0.309. The van der Waals surface area contributed by atoms with Crippen LogP contribution in [-0.4, -0.2) is 47.3 Å². The molecule has 10 nitrogen and oxygen atoms in total. The minimum Gasteiger partial charge on any atom is -0.467 e. The lowest BCUT2D eigenvalue weighted by atomic mass is 10.0. The van der Waals surface area contributed by atoms with E-state index < -0.39 is 38.9 Å². The minimum absolute atomic E-state index is 0.0438. The van der Waals surface area contributed by atoms with E-state index in [0.29, 0.717) is 35.0 Å². The fourth-order valence-electron chi connectivity index (χ4n) is 3.49. The fourth-order valence-corrected chi connectivity index (χ4v) is 4.67. The van der Waals surface area contributed by atoms with Gasteiger partial charge in [0.1, 0.15) is 11.5 Å². The van der Waals surface area contributed by atoms with Gasteiger partial charge >= 0.3 is 6.01 Å². The van der Waals surface area contributed by atoms with Crippen LogP contribution in [0.3, 0.4) is 0 Å². The number of benzene rings is 1. The van der Waals surface area contributed by atoms with Crippen LogP contribution in [0.1, 0.15) is 28.8 Å².